The fourth-order valence-electron chi connectivity index (χ4n) is 2.41. The molecule has 2 rings (SSSR count). The number of amides is 1. The van der Waals surface area contributed by atoms with Crippen LogP contribution < -0.4 is 5.32 Å². The largest absolute Gasteiger partial charge is 0.381 e. The molecule has 0 saturated carbocycles. The molecule has 5 heteroatoms. The zero-order chi connectivity index (χ0) is 15.9. The molecule has 0 aliphatic rings. The summed E-state index contributed by atoms with van der Waals surface area (Å²) in [6, 6.07) is 7.97. The van der Waals surface area contributed by atoms with Crippen LogP contribution in [0.25, 0.3) is 10.9 Å². The second-order valence-electron chi connectivity index (χ2n) is 5.31. The Hall–Kier alpha value is -1.33. The molecule has 0 atom stereocenters. The molecule has 1 amide bonds. The number of para-hydroxylation sites is 1. The SMILES string of the molecule is CCCCOCCCNC(=O)c1c(Br)c2ccccc2n1C. The lowest BCUT2D eigenvalue weighted by Crippen LogP contribution is -2.27. The number of benzene rings is 1. The molecule has 0 saturated heterocycles. The van der Waals surface area contributed by atoms with Gasteiger partial charge in [0.2, 0.25) is 0 Å². The van der Waals surface area contributed by atoms with E-state index in [2.05, 4.69) is 28.2 Å². The molecule has 22 heavy (non-hydrogen) atoms. The van der Waals surface area contributed by atoms with Gasteiger partial charge in [-0.1, -0.05) is 31.5 Å². The number of unbranched alkanes of at least 4 members (excludes halogenated alkanes) is 1. The van der Waals surface area contributed by atoms with Crippen molar-refractivity contribution in [3.63, 3.8) is 0 Å². The van der Waals surface area contributed by atoms with Crippen LogP contribution in [0.15, 0.2) is 28.7 Å². The summed E-state index contributed by atoms with van der Waals surface area (Å²) in [5, 5.41) is 4.02. The standard InChI is InChI=1S/C17H23BrN2O2/c1-3-4-11-22-12-7-10-19-17(21)16-15(18)13-8-5-6-9-14(13)20(16)2/h5-6,8-9H,3-4,7,10-12H2,1-2H3,(H,19,21). The predicted octanol–water partition coefficient (Wildman–Crippen LogP) is 3.88. The van der Waals surface area contributed by atoms with Gasteiger partial charge in [0.25, 0.3) is 5.91 Å². The van der Waals surface area contributed by atoms with Crippen molar-refractivity contribution in [3.8, 4) is 0 Å². The maximum absolute atomic E-state index is 12.4. The average Bonchev–Trinajstić information content (AvgIpc) is 2.78. The van der Waals surface area contributed by atoms with Crippen LogP contribution in [-0.2, 0) is 11.8 Å². The average molecular weight is 367 g/mol. The van der Waals surface area contributed by atoms with Crippen LogP contribution in [0.4, 0.5) is 0 Å². The minimum absolute atomic E-state index is 0.0564. The van der Waals surface area contributed by atoms with Crippen LogP contribution >= 0.6 is 15.9 Å². The molecular formula is C17H23BrN2O2. The number of nitrogens with one attached hydrogen (secondary N) is 1. The van der Waals surface area contributed by atoms with Gasteiger partial charge in [-0.3, -0.25) is 4.79 Å². The molecule has 2 aromatic rings. The molecule has 1 N–H and O–H groups in total. The number of hydrogen-bond donors (Lipinski definition) is 1. The highest BCUT2D eigenvalue weighted by atomic mass is 79.9. The Morgan fingerprint density at radius 3 is 2.73 bits per heavy atom. The molecule has 1 heterocycles. The van der Waals surface area contributed by atoms with E-state index in [1.165, 1.54) is 0 Å². The summed E-state index contributed by atoms with van der Waals surface area (Å²) in [6.45, 7) is 4.26. The third kappa shape index (κ3) is 3.90. The summed E-state index contributed by atoms with van der Waals surface area (Å²) in [5.74, 6) is -0.0564. The van der Waals surface area contributed by atoms with Crippen molar-refractivity contribution in [3.05, 3.63) is 34.4 Å². The Morgan fingerprint density at radius 1 is 1.27 bits per heavy atom. The van der Waals surface area contributed by atoms with Crippen molar-refractivity contribution < 1.29 is 9.53 Å². The van der Waals surface area contributed by atoms with Gasteiger partial charge in [-0.05, 0) is 34.8 Å². The van der Waals surface area contributed by atoms with Crippen molar-refractivity contribution in [2.75, 3.05) is 19.8 Å². The van der Waals surface area contributed by atoms with E-state index < -0.39 is 0 Å². The summed E-state index contributed by atoms with van der Waals surface area (Å²) in [6.07, 6.45) is 3.07. The Balaban J connectivity index is 1.91. The lowest BCUT2D eigenvalue weighted by Gasteiger charge is -2.08. The lowest BCUT2D eigenvalue weighted by atomic mass is 10.2. The number of aromatic nitrogens is 1. The second-order valence-corrected chi connectivity index (χ2v) is 6.11. The number of aryl methyl sites for hydroxylation is 1. The number of rotatable bonds is 8. The molecular weight excluding hydrogens is 344 g/mol. The number of carbonyl (C=O) groups is 1. The van der Waals surface area contributed by atoms with Gasteiger partial charge in [-0.25, -0.2) is 0 Å². The molecule has 0 aliphatic carbocycles. The Morgan fingerprint density at radius 2 is 2.00 bits per heavy atom. The molecule has 0 aliphatic heterocycles. The van der Waals surface area contributed by atoms with Crippen molar-refractivity contribution in [1.82, 2.24) is 9.88 Å². The minimum Gasteiger partial charge on any atom is -0.381 e. The van der Waals surface area contributed by atoms with E-state index >= 15 is 0 Å². The van der Waals surface area contributed by atoms with Gasteiger partial charge < -0.3 is 14.6 Å². The van der Waals surface area contributed by atoms with E-state index in [9.17, 15) is 4.79 Å². The van der Waals surface area contributed by atoms with Crippen molar-refractivity contribution >= 4 is 32.7 Å². The van der Waals surface area contributed by atoms with Crippen molar-refractivity contribution in [1.29, 1.82) is 0 Å². The van der Waals surface area contributed by atoms with Gasteiger partial charge >= 0.3 is 0 Å². The summed E-state index contributed by atoms with van der Waals surface area (Å²) in [7, 11) is 1.91. The molecule has 0 fully saturated rings. The number of fused-ring (bicyclic) bond motifs is 1. The quantitative estimate of drug-likeness (QED) is 0.720. The Labute approximate surface area is 140 Å². The predicted molar refractivity (Wildman–Crippen MR) is 93.3 cm³/mol. The first kappa shape index (κ1) is 17.0. The molecule has 4 nitrogen and oxygen atoms in total. The molecule has 1 aromatic carbocycles. The highest BCUT2D eigenvalue weighted by Crippen LogP contribution is 2.29. The third-order valence-electron chi connectivity index (χ3n) is 3.65. The molecule has 120 valence electrons. The van der Waals surface area contributed by atoms with Crippen molar-refractivity contribution in [2.45, 2.75) is 26.2 Å². The smallest absolute Gasteiger partial charge is 0.269 e. The fourth-order valence-corrected chi connectivity index (χ4v) is 3.19. The monoisotopic (exact) mass is 366 g/mol. The van der Waals surface area contributed by atoms with E-state index in [-0.39, 0.29) is 5.91 Å². The fraction of sp³-hybridized carbons (Fsp3) is 0.471. The summed E-state index contributed by atoms with van der Waals surface area (Å²) >= 11 is 3.55. The van der Waals surface area contributed by atoms with Crippen LogP contribution in [0.1, 0.15) is 36.7 Å². The van der Waals surface area contributed by atoms with E-state index in [1.807, 2.05) is 35.9 Å². The third-order valence-corrected chi connectivity index (χ3v) is 4.46. The summed E-state index contributed by atoms with van der Waals surface area (Å²) < 4.78 is 8.26. The molecule has 0 spiro atoms. The van der Waals surface area contributed by atoms with Gasteiger partial charge in [0, 0.05) is 37.7 Å². The van der Waals surface area contributed by atoms with Gasteiger partial charge in [0.05, 0.1) is 4.47 Å². The van der Waals surface area contributed by atoms with Crippen LogP contribution in [0.5, 0.6) is 0 Å². The van der Waals surface area contributed by atoms with E-state index in [0.717, 1.165) is 41.2 Å². The van der Waals surface area contributed by atoms with Gasteiger partial charge in [0.15, 0.2) is 0 Å². The number of halogens is 1. The first-order valence-corrected chi connectivity index (χ1v) is 8.55. The Kier molecular flexibility index (Phi) is 6.46. The summed E-state index contributed by atoms with van der Waals surface area (Å²) in [4.78, 5) is 12.4. The maximum atomic E-state index is 12.4. The topological polar surface area (TPSA) is 43.3 Å². The summed E-state index contributed by atoms with van der Waals surface area (Å²) in [5.41, 5.74) is 1.70. The lowest BCUT2D eigenvalue weighted by molar-refractivity contribution is 0.0932. The second kappa shape index (κ2) is 8.34. The molecule has 0 bridgehead atoms. The highest BCUT2D eigenvalue weighted by molar-refractivity contribution is 9.10. The molecule has 0 unspecified atom stereocenters. The van der Waals surface area contributed by atoms with E-state index in [4.69, 9.17) is 4.74 Å². The minimum atomic E-state index is -0.0564. The zero-order valence-corrected chi connectivity index (χ0v) is 14.8. The highest BCUT2D eigenvalue weighted by Gasteiger charge is 2.18. The number of hydrogen-bond acceptors (Lipinski definition) is 2. The number of ether oxygens (including phenoxy) is 1. The Bertz CT molecular complexity index is 598. The van der Waals surface area contributed by atoms with Gasteiger partial charge in [-0.15, -0.1) is 0 Å². The van der Waals surface area contributed by atoms with E-state index in [1.54, 1.807) is 0 Å². The van der Waals surface area contributed by atoms with Crippen LogP contribution in [0.3, 0.4) is 0 Å². The molecule has 0 radical (unpaired) electrons. The van der Waals surface area contributed by atoms with Crippen LogP contribution in [0.2, 0.25) is 0 Å². The van der Waals surface area contributed by atoms with Crippen LogP contribution in [0, 0.1) is 0 Å². The first-order chi connectivity index (χ1) is 10.7. The molecule has 1 aromatic heterocycles. The van der Waals surface area contributed by atoms with Gasteiger partial charge in [-0.2, -0.15) is 0 Å². The maximum Gasteiger partial charge on any atom is 0.269 e. The number of nitrogens with zero attached hydrogens (tertiary/aromatic N) is 1. The van der Waals surface area contributed by atoms with Crippen LogP contribution in [-0.4, -0.2) is 30.2 Å². The zero-order valence-electron chi connectivity index (χ0n) is 13.2. The van der Waals surface area contributed by atoms with Gasteiger partial charge in [0.1, 0.15) is 5.69 Å². The normalized spacial score (nSPS) is 11.0. The van der Waals surface area contributed by atoms with Crippen molar-refractivity contribution in [2.24, 2.45) is 7.05 Å². The number of carbonyl (C=O) groups excluding carboxylic acids is 1. The first-order valence-electron chi connectivity index (χ1n) is 7.75. The van der Waals surface area contributed by atoms with E-state index in [0.29, 0.717) is 18.8 Å².